The zero-order valence-electron chi connectivity index (χ0n) is 7.07. The van der Waals surface area contributed by atoms with E-state index >= 15 is 0 Å². The first-order chi connectivity index (χ1) is 6.57. The van der Waals surface area contributed by atoms with Crippen molar-refractivity contribution in [3.8, 4) is 0 Å². The zero-order chi connectivity index (χ0) is 10.2. The van der Waals surface area contributed by atoms with Crippen molar-refractivity contribution in [2.45, 2.75) is 0 Å². The van der Waals surface area contributed by atoms with Gasteiger partial charge in [0.05, 0.1) is 12.3 Å². The van der Waals surface area contributed by atoms with Crippen LogP contribution < -0.4 is 4.72 Å². The summed E-state index contributed by atoms with van der Waals surface area (Å²) in [6.07, 6.45) is 0. The minimum absolute atomic E-state index is 0.240. The maximum atomic E-state index is 11.0. The Kier molecular flexibility index (Phi) is 2.30. The molecule has 0 atom stereocenters. The topological polar surface area (TPSA) is 58.5 Å². The molecule has 0 spiro atoms. The molecule has 74 valence electrons. The highest BCUT2D eigenvalue weighted by Crippen LogP contribution is 2.12. The highest BCUT2D eigenvalue weighted by Gasteiger charge is 2.19. The maximum absolute atomic E-state index is 11.0. The molecule has 4 nitrogen and oxygen atoms in total. The molecule has 0 unspecified atom stereocenters. The molecule has 0 aromatic heterocycles. The molecule has 0 radical (unpaired) electrons. The summed E-state index contributed by atoms with van der Waals surface area (Å²) in [4.78, 5) is 0. The third-order valence-electron chi connectivity index (χ3n) is 1.83. The lowest BCUT2D eigenvalue weighted by Crippen LogP contribution is -2.18. The van der Waals surface area contributed by atoms with Crippen LogP contribution in [0.1, 0.15) is 5.56 Å². The van der Waals surface area contributed by atoms with Crippen LogP contribution in [-0.4, -0.2) is 20.7 Å². The number of halogens is 1. The average Bonchev–Trinajstić information content (AvgIpc) is 2.47. The normalized spacial score (nSPS) is 19.4. The molecule has 2 rings (SSSR count). The zero-order valence-corrected chi connectivity index (χ0v) is 8.64. The van der Waals surface area contributed by atoms with Crippen LogP contribution in [0.25, 0.3) is 0 Å². The van der Waals surface area contributed by atoms with Gasteiger partial charge in [-0.15, -0.1) is 0 Å². The van der Waals surface area contributed by atoms with Crippen LogP contribution in [0.3, 0.4) is 0 Å². The molecular weight excluding hydrogens is 224 g/mol. The minimum atomic E-state index is -3.45. The number of rotatable bonds is 1. The first kappa shape index (κ1) is 9.64. The Labute approximate surface area is 86.8 Å². The van der Waals surface area contributed by atoms with Gasteiger partial charge in [-0.25, -0.2) is 0 Å². The van der Waals surface area contributed by atoms with Gasteiger partial charge >= 0.3 is 10.2 Å². The van der Waals surface area contributed by atoms with Gasteiger partial charge in [-0.05, 0) is 17.7 Å². The van der Waals surface area contributed by atoms with Crippen molar-refractivity contribution in [1.29, 1.82) is 0 Å². The predicted molar refractivity (Wildman–Crippen MR) is 54.9 cm³/mol. The Bertz CT molecular complexity index is 479. The second-order valence-corrected chi connectivity index (χ2v) is 4.70. The number of hydrogen-bond donors (Lipinski definition) is 1. The van der Waals surface area contributed by atoms with Crippen LogP contribution >= 0.6 is 11.6 Å². The third kappa shape index (κ3) is 1.95. The van der Waals surface area contributed by atoms with E-state index in [2.05, 4.69) is 9.12 Å². The number of hydrogen-bond acceptors (Lipinski definition) is 2. The Morgan fingerprint density at radius 3 is 2.43 bits per heavy atom. The predicted octanol–water partition coefficient (Wildman–Crippen LogP) is 0.977. The monoisotopic (exact) mass is 230 g/mol. The summed E-state index contributed by atoms with van der Waals surface area (Å²) >= 11 is 5.70. The van der Waals surface area contributed by atoms with Crippen molar-refractivity contribution in [2.24, 2.45) is 4.40 Å². The minimum Gasteiger partial charge on any atom is -0.190 e. The van der Waals surface area contributed by atoms with Crippen molar-refractivity contribution < 1.29 is 8.42 Å². The fourth-order valence-electron chi connectivity index (χ4n) is 1.17. The van der Waals surface area contributed by atoms with Crippen LogP contribution in [0, 0.1) is 0 Å². The molecule has 0 saturated heterocycles. The van der Waals surface area contributed by atoms with Gasteiger partial charge in [0, 0.05) is 5.02 Å². The second-order valence-electron chi connectivity index (χ2n) is 2.84. The largest absolute Gasteiger partial charge is 0.320 e. The van der Waals surface area contributed by atoms with Crippen molar-refractivity contribution in [3.63, 3.8) is 0 Å². The molecule has 0 saturated carbocycles. The summed E-state index contributed by atoms with van der Waals surface area (Å²) in [5, 5.41) is 0.614. The molecule has 1 aromatic rings. The van der Waals surface area contributed by atoms with Crippen LogP contribution in [0.2, 0.25) is 5.02 Å². The Hall–Kier alpha value is -0.910. The lowest BCUT2D eigenvalue weighted by Gasteiger charge is -1.97. The van der Waals surface area contributed by atoms with Gasteiger partial charge in [0.15, 0.2) is 0 Å². The van der Waals surface area contributed by atoms with E-state index in [1.165, 1.54) is 0 Å². The van der Waals surface area contributed by atoms with Crippen molar-refractivity contribution in [2.75, 3.05) is 6.54 Å². The summed E-state index contributed by atoms with van der Waals surface area (Å²) in [6, 6.07) is 6.88. The quantitative estimate of drug-likeness (QED) is 0.782. The SMILES string of the molecule is O=S1(=O)N=C(c2ccc(Cl)cc2)CN1. The van der Waals surface area contributed by atoms with E-state index in [9.17, 15) is 8.42 Å². The summed E-state index contributed by atoms with van der Waals surface area (Å²) in [5.41, 5.74) is 1.28. The van der Waals surface area contributed by atoms with Crippen molar-refractivity contribution in [3.05, 3.63) is 34.9 Å². The Morgan fingerprint density at radius 2 is 1.93 bits per heavy atom. The Balaban J connectivity index is 2.38. The van der Waals surface area contributed by atoms with Gasteiger partial charge in [0.2, 0.25) is 0 Å². The molecule has 14 heavy (non-hydrogen) atoms. The van der Waals surface area contributed by atoms with Gasteiger partial charge in [-0.1, -0.05) is 23.7 Å². The number of nitrogens with zero attached hydrogens (tertiary/aromatic N) is 1. The van der Waals surface area contributed by atoms with Gasteiger partial charge in [0.25, 0.3) is 0 Å². The molecule has 1 N–H and O–H groups in total. The fourth-order valence-corrected chi connectivity index (χ4v) is 2.14. The molecule has 1 aromatic carbocycles. The lowest BCUT2D eigenvalue weighted by molar-refractivity contribution is 0.592. The lowest BCUT2D eigenvalue weighted by atomic mass is 10.1. The van der Waals surface area contributed by atoms with Crippen molar-refractivity contribution >= 4 is 27.5 Å². The molecule has 1 heterocycles. The summed E-state index contributed by atoms with van der Waals surface area (Å²) in [6.45, 7) is 0.240. The van der Waals surface area contributed by atoms with Gasteiger partial charge < -0.3 is 0 Å². The standard InChI is InChI=1S/C8H7ClN2O2S/c9-7-3-1-6(2-4-7)8-5-10-14(12,13)11-8/h1-4,10H,5H2. The second kappa shape index (κ2) is 3.34. The van der Waals surface area contributed by atoms with Gasteiger partial charge in [-0.2, -0.15) is 17.5 Å². The van der Waals surface area contributed by atoms with E-state index < -0.39 is 10.2 Å². The smallest absolute Gasteiger partial charge is 0.190 e. The van der Waals surface area contributed by atoms with Gasteiger partial charge in [-0.3, -0.25) is 0 Å². The van der Waals surface area contributed by atoms with E-state index in [1.807, 2.05) is 0 Å². The third-order valence-corrected chi connectivity index (χ3v) is 3.05. The van der Waals surface area contributed by atoms with E-state index in [0.717, 1.165) is 5.56 Å². The molecule has 1 aliphatic rings. The summed E-state index contributed by atoms with van der Waals surface area (Å²) < 4.78 is 27.8. The van der Waals surface area contributed by atoms with Crippen molar-refractivity contribution in [1.82, 2.24) is 4.72 Å². The molecule has 1 aliphatic heterocycles. The van der Waals surface area contributed by atoms with Crippen LogP contribution in [0.4, 0.5) is 0 Å². The molecular formula is C8H7ClN2O2S. The highest BCUT2D eigenvalue weighted by atomic mass is 35.5. The summed E-state index contributed by atoms with van der Waals surface area (Å²) in [5.74, 6) is 0. The van der Waals surface area contributed by atoms with E-state index in [1.54, 1.807) is 24.3 Å². The molecule has 0 bridgehead atoms. The summed E-state index contributed by atoms with van der Waals surface area (Å²) in [7, 11) is -3.45. The van der Waals surface area contributed by atoms with Crippen LogP contribution in [0.15, 0.2) is 28.7 Å². The number of benzene rings is 1. The van der Waals surface area contributed by atoms with Gasteiger partial charge in [0.1, 0.15) is 0 Å². The fraction of sp³-hybridized carbons (Fsp3) is 0.125. The first-order valence-electron chi connectivity index (χ1n) is 3.91. The van der Waals surface area contributed by atoms with Crippen LogP contribution in [0.5, 0.6) is 0 Å². The first-order valence-corrected chi connectivity index (χ1v) is 5.73. The van der Waals surface area contributed by atoms with Crippen LogP contribution in [-0.2, 0) is 10.2 Å². The maximum Gasteiger partial charge on any atom is 0.320 e. The number of nitrogens with one attached hydrogen (secondary N) is 1. The van der Waals surface area contributed by atoms with E-state index in [0.29, 0.717) is 10.7 Å². The molecule has 0 amide bonds. The molecule has 0 fully saturated rings. The molecule has 0 aliphatic carbocycles. The average molecular weight is 231 g/mol. The molecule has 6 heteroatoms. The van der Waals surface area contributed by atoms with E-state index in [-0.39, 0.29) is 6.54 Å². The van der Waals surface area contributed by atoms with E-state index in [4.69, 9.17) is 11.6 Å². The Morgan fingerprint density at radius 1 is 1.29 bits per heavy atom. The highest BCUT2D eigenvalue weighted by molar-refractivity contribution is 7.88.